The number of piperazine rings is 1. The van der Waals surface area contributed by atoms with Crippen LogP contribution in [0.15, 0.2) is 18.5 Å². The van der Waals surface area contributed by atoms with E-state index in [9.17, 15) is 4.79 Å². The molecule has 2 aromatic rings. The summed E-state index contributed by atoms with van der Waals surface area (Å²) in [5, 5.41) is 12.3. The van der Waals surface area contributed by atoms with E-state index < -0.39 is 0 Å². The lowest BCUT2D eigenvalue weighted by atomic mass is 10.2. The molecule has 2 saturated heterocycles. The number of aromatic nitrogens is 4. The molecule has 2 fully saturated rings. The van der Waals surface area contributed by atoms with E-state index in [2.05, 4.69) is 25.1 Å². The molecule has 1 unspecified atom stereocenters. The molecule has 0 amide bonds. The minimum absolute atomic E-state index is 0.0551. The molecule has 0 saturated carbocycles. The van der Waals surface area contributed by atoms with Crippen molar-refractivity contribution in [3.63, 3.8) is 0 Å². The molecule has 4 heterocycles. The number of rotatable bonds is 2. The van der Waals surface area contributed by atoms with Gasteiger partial charge in [-0.1, -0.05) is 0 Å². The van der Waals surface area contributed by atoms with Gasteiger partial charge < -0.3 is 9.64 Å². The molecule has 4 rings (SSSR count). The van der Waals surface area contributed by atoms with Crippen molar-refractivity contribution >= 4 is 17.4 Å². The number of cyclic esters (lactones) is 1. The van der Waals surface area contributed by atoms with Crippen LogP contribution in [0, 0.1) is 0 Å². The Hall–Kier alpha value is -2.22. The zero-order valence-corrected chi connectivity index (χ0v) is 11.6. The first-order chi connectivity index (χ1) is 10.3. The lowest BCUT2D eigenvalue weighted by Gasteiger charge is -2.36. The highest BCUT2D eigenvalue weighted by atomic mass is 16.5. The summed E-state index contributed by atoms with van der Waals surface area (Å²) in [7, 11) is 0. The summed E-state index contributed by atoms with van der Waals surface area (Å²) in [6.07, 6.45) is 2.41. The Morgan fingerprint density at radius 2 is 2.05 bits per heavy atom. The van der Waals surface area contributed by atoms with Gasteiger partial charge >= 0.3 is 5.97 Å². The van der Waals surface area contributed by atoms with Crippen LogP contribution >= 0.6 is 0 Å². The summed E-state index contributed by atoms with van der Waals surface area (Å²) in [6, 6.07) is 3.82. The molecule has 8 heteroatoms. The molecule has 1 atom stereocenters. The van der Waals surface area contributed by atoms with E-state index in [1.165, 1.54) is 0 Å². The average molecular weight is 288 g/mol. The highest BCUT2D eigenvalue weighted by Gasteiger charge is 2.34. The largest absolute Gasteiger partial charge is 0.464 e. The zero-order valence-electron chi connectivity index (χ0n) is 11.6. The van der Waals surface area contributed by atoms with Crippen molar-refractivity contribution in [3.05, 3.63) is 18.5 Å². The van der Waals surface area contributed by atoms with Crippen molar-refractivity contribution in [3.8, 4) is 0 Å². The zero-order chi connectivity index (χ0) is 14.2. The van der Waals surface area contributed by atoms with Crippen molar-refractivity contribution in [2.45, 2.75) is 12.5 Å². The van der Waals surface area contributed by atoms with Crippen molar-refractivity contribution < 1.29 is 9.53 Å². The van der Waals surface area contributed by atoms with E-state index in [-0.39, 0.29) is 12.0 Å². The minimum atomic E-state index is -0.0764. The van der Waals surface area contributed by atoms with Crippen LogP contribution in [0.3, 0.4) is 0 Å². The maximum atomic E-state index is 11.6. The molecule has 0 aliphatic carbocycles. The first-order valence-corrected chi connectivity index (χ1v) is 7.14. The highest BCUT2D eigenvalue weighted by Crippen LogP contribution is 2.19. The van der Waals surface area contributed by atoms with Gasteiger partial charge in [-0.25, -0.2) is 0 Å². The summed E-state index contributed by atoms with van der Waals surface area (Å²) in [4.78, 5) is 16.1. The van der Waals surface area contributed by atoms with E-state index in [0.717, 1.165) is 44.1 Å². The molecule has 2 aromatic heterocycles. The quantitative estimate of drug-likeness (QED) is 0.693. The van der Waals surface area contributed by atoms with Crippen LogP contribution in [0.5, 0.6) is 0 Å². The number of hydrogen-bond donors (Lipinski definition) is 0. The summed E-state index contributed by atoms with van der Waals surface area (Å²) < 4.78 is 6.72. The first kappa shape index (κ1) is 12.5. The van der Waals surface area contributed by atoms with Gasteiger partial charge in [0, 0.05) is 32.6 Å². The predicted molar refractivity (Wildman–Crippen MR) is 73.9 cm³/mol. The monoisotopic (exact) mass is 288 g/mol. The number of carbonyl (C=O) groups excluding carboxylic acids is 1. The molecule has 0 spiro atoms. The molecule has 0 radical (unpaired) electrons. The van der Waals surface area contributed by atoms with Crippen LogP contribution in [0.25, 0.3) is 5.65 Å². The summed E-state index contributed by atoms with van der Waals surface area (Å²) in [5.74, 6) is 0.837. The Morgan fingerprint density at radius 1 is 1.19 bits per heavy atom. The number of anilines is 1. The van der Waals surface area contributed by atoms with E-state index in [4.69, 9.17) is 4.74 Å². The van der Waals surface area contributed by atoms with Gasteiger partial charge in [0.1, 0.15) is 18.2 Å². The molecular weight excluding hydrogens is 272 g/mol. The standard InChI is InChI=1S/C13H16N6O2/c20-13-10(3-8-21-13)17-4-6-18(7-5-17)12-2-1-11-15-14-9-19(11)16-12/h1-2,9-10H,3-8H2. The van der Waals surface area contributed by atoms with Gasteiger partial charge in [0.2, 0.25) is 0 Å². The number of ether oxygens (including phenoxy) is 1. The van der Waals surface area contributed by atoms with Crippen LogP contribution in [-0.2, 0) is 9.53 Å². The lowest BCUT2D eigenvalue weighted by molar-refractivity contribution is -0.142. The van der Waals surface area contributed by atoms with Crippen molar-refractivity contribution in [1.29, 1.82) is 0 Å². The summed E-state index contributed by atoms with van der Waals surface area (Å²) >= 11 is 0. The van der Waals surface area contributed by atoms with E-state index in [1.54, 1.807) is 10.8 Å². The molecule has 8 nitrogen and oxygen atoms in total. The fourth-order valence-corrected chi connectivity index (χ4v) is 2.97. The van der Waals surface area contributed by atoms with Crippen molar-refractivity contribution in [1.82, 2.24) is 24.7 Å². The molecule has 0 bridgehead atoms. The second-order valence-corrected chi connectivity index (χ2v) is 5.32. The van der Waals surface area contributed by atoms with Gasteiger partial charge in [0.05, 0.1) is 6.61 Å². The molecule has 21 heavy (non-hydrogen) atoms. The van der Waals surface area contributed by atoms with E-state index in [0.29, 0.717) is 6.61 Å². The Bertz CT molecular complexity index is 663. The molecular formula is C13H16N6O2. The smallest absolute Gasteiger partial charge is 0.323 e. The number of hydrogen-bond acceptors (Lipinski definition) is 7. The highest BCUT2D eigenvalue weighted by molar-refractivity contribution is 5.77. The van der Waals surface area contributed by atoms with Gasteiger partial charge in [0.15, 0.2) is 5.65 Å². The fourth-order valence-electron chi connectivity index (χ4n) is 2.97. The van der Waals surface area contributed by atoms with Gasteiger partial charge in [-0.3, -0.25) is 9.69 Å². The summed E-state index contributed by atoms with van der Waals surface area (Å²) in [5.41, 5.74) is 0.742. The maximum Gasteiger partial charge on any atom is 0.323 e. The third-order valence-corrected chi connectivity index (χ3v) is 4.13. The fraction of sp³-hybridized carbons (Fsp3) is 0.538. The topological polar surface area (TPSA) is 75.9 Å². The van der Waals surface area contributed by atoms with Gasteiger partial charge in [-0.15, -0.1) is 15.3 Å². The van der Waals surface area contributed by atoms with Crippen LogP contribution in [0.1, 0.15) is 6.42 Å². The minimum Gasteiger partial charge on any atom is -0.464 e. The lowest BCUT2D eigenvalue weighted by Crippen LogP contribution is -2.51. The number of carbonyl (C=O) groups is 1. The van der Waals surface area contributed by atoms with Gasteiger partial charge in [-0.05, 0) is 12.1 Å². The first-order valence-electron chi connectivity index (χ1n) is 7.14. The predicted octanol–water partition coefficient (Wildman–Crippen LogP) is -0.438. The SMILES string of the molecule is O=C1OCCC1N1CCN(c2ccc3nncn3n2)CC1. The number of nitrogens with zero attached hydrogens (tertiary/aromatic N) is 6. The van der Waals surface area contributed by atoms with Crippen LogP contribution in [-0.4, -0.2) is 69.5 Å². The molecule has 0 aromatic carbocycles. The van der Waals surface area contributed by atoms with Crippen LogP contribution in [0.4, 0.5) is 5.82 Å². The van der Waals surface area contributed by atoms with E-state index >= 15 is 0 Å². The van der Waals surface area contributed by atoms with Crippen LogP contribution in [0.2, 0.25) is 0 Å². The van der Waals surface area contributed by atoms with Gasteiger partial charge in [0.25, 0.3) is 0 Å². The molecule has 0 N–H and O–H groups in total. The van der Waals surface area contributed by atoms with Gasteiger partial charge in [-0.2, -0.15) is 4.52 Å². The Morgan fingerprint density at radius 3 is 2.81 bits per heavy atom. The Balaban J connectivity index is 1.45. The molecule has 2 aliphatic heterocycles. The van der Waals surface area contributed by atoms with Crippen molar-refractivity contribution in [2.75, 3.05) is 37.7 Å². The summed E-state index contributed by atoms with van der Waals surface area (Å²) in [6.45, 7) is 3.95. The maximum absolute atomic E-state index is 11.6. The Labute approximate surface area is 121 Å². The number of esters is 1. The Kier molecular flexibility index (Phi) is 2.95. The molecule has 110 valence electrons. The normalized spacial score (nSPS) is 23.7. The third-order valence-electron chi connectivity index (χ3n) is 4.13. The third kappa shape index (κ3) is 2.21. The second kappa shape index (κ2) is 4.96. The van der Waals surface area contributed by atoms with E-state index in [1.807, 2.05) is 12.1 Å². The second-order valence-electron chi connectivity index (χ2n) is 5.32. The molecule has 2 aliphatic rings. The number of fused-ring (bicyclic) bond motifs is 1. The van der Waals surface area contributed by atoms with Crippen LogP contribution < -0.4 is 4.90 Å². The average Bonchev–Trinajstić information content (AvgIpc) is 3.15. The van der Waals surface area contributed by atoms with Crippen molar-refractivity contribution in [2.24, 2.45) is 0 Å².